The molecule has 0 N–H and O–H groups in total. The molecule has 1 amide bonds. The van der Waals surface area contributed by atoms with E-state index in [1.165, 1.54) is 32.3 Å². The average Bonchev–Trinajstić information content (AvgIpc) is 3.18. The van der Waals surface area contributed by atoms with Gasteiger partial charge in [-0.2, -0.15) is 0 Å². The topological polar surface area (TPSA) is 66.5 Å². The summed E-state index contributed by atoms with van der Waals surface area (Å²) in [6.07, 6.45) is -0.274. The number of ether oxygens (including phenoxy) is 5. The Balaban J connectivity index is 1.83. The van der Waals surface area contributed by atoms with E-state index >= 15 is 0 Å². The highest BCUT2D eigenvalue weighted by atomic mass is 79.9. The summed E-state index contributed by atoms with van der Waals surface area (Å²) in [5.41, 5.74) is 1.13. The number of amides is 1. The first-order valence-corrected chi connectivity index (χ1v) is 9.58. The SMILES string of the molecule is COC(=O)N(CCc1cc2c(cc1F)OCO2)Cc1c(Br)ccc(OC)c1OC. The molecule has 0 aromatic heterocycles. The number of hydrogen-bond acceptors (Lipinski definition) is 6. The van der Waals surface area contributed by atoms with Gasteiger partial charge in [-0.1, -0.05) is 15.9 Å². The van der Waals surface area contributed by atoms with E-state index in [1.54, 1.807) is 12.1 Å². The molecule has 3 rings (SSSR count). The summed E-state index contributed by atoms with van der Waals surface area (Å²) in [6, 6.07) is 6.46. The van der Waals surface area contributed by atoms with Crippen molar-refractivity contribution >= 4 is 22.0 Å². The van der Waals surface area contributed by atoms with Crippen molar-refractivity contribution in [1.82, 2.24) is 4.90 Å². The van der Waals surface area contributed by atoms with Gasteiger partial charge in [-0.05, 0) is 30.2 Å². The van der Waals surface area contributed by atoms with Crippen molar-refractivity contribution in [3.63, 3.8) is 0 Å². The summed E-state index contributed by atoms with van der Waals surface area (Å²) >= 11 is 3.49. The van der Waals surface area contributed by atoms with Crippen LogP contribution in [0.3, 0.4) is 0 Å². The predicted molar refractivity (Wildman–Crippen MR) is 106 cm³/mol. The lowest BCUT2D eigenvalue weighted by Crippen LogP contribution is -2.32. The second kappa shape index (κ2) is 9.21. The number of hydrogen-bond donors (Lipinski definition) is 0. The fourth-order valence-corrected chi connectivity index (χ4v) is 3.51. The van der Waals surface area contributed by atoms with Crippen LogP contribution in [0.2, 0.25) is 0 Å². The standard InChI is InChI=1S/C20H21BrFNO6/c1-25-16-5-4-14(21)13(19(16)26-2)10-23(20(24)27-3)7-6-12-8-17-18(9-15(12)22)29-11-28-17/h4-5,8-9H,6-7,10-11H2,1-3H3. The van der Waals surface area contributed by atoms with E-state index < -0.39 is 11.9 Å². The molecule has 2 aromatic carbocycles. The van der Waals surface area contributed by atoms with Gasteiger partial charge in [0.25, 0.3) is 0 Å². The van der Waals surface area contributed by atoms with Crippen LogP contribution in [0.4, 0.5) is 9.18 Å². The number of carbonyl (C=O) groups is 1. The zero-order valence-corrected chi connectivity index (χ0v) is 17.9. The number of carbonyl (C=O) groups excluding carboxylic acids is 1. The number of methoxy groups -OCH3 is 3. The zero-order chi connectivity index (χ0) is 21.0. The minimum absolute atomic E-state index is 0.0656. The Bertz CT molecular complexity index is 907. The summed E-state index contributed by atoms with van der Waals surface area (Å²) in [5, 5.41) is 0. The predicted octanol–water partition coefficient (Wildman–Crippen LogP) is 4.15. The fraction of sp³-hybridized carbons (Fsp3) is 0.350. The van der Waals surface area contributed by atoms with Gasteiger partial charge >= 0.3 is 6.09 Å². The van der Waals surface area contributed by atoms with Crippen LogP contribution in [-0.2, 0) is 17.7 Å². The van der Waals surface area contributed by atoms with Crippen LogP contribution in [0.5, 0.6) is 23.0 Å². The van der Waals surface area contributed by atoms with Crippen LogP contribution < -0.4 is 18.9 Å². The average molecular weight is 470 g/mol. The van der Waals surface area contributed by atoms with Gasteiger partial charge < -0.3 is 28.6 Å². The zero-order valence-electron chi connectivity index (χ0n) is 16.3. The van der Waals surface area contributed by atoms with E-state index in [9.17, 15) is 9.18 Å². The first kappa shape index (κ1) is 21.0. The highest BCUT2D eigenvalue weighted by Gasteiger charge is 2.23. The van der Waals surface area contributed by atoms with Crippen LogP contribution >= 0.6 is 15.9 Å². The largest absolute Gasteiger partial charge is 0.493 e. The lowest BCUT2D eigenvalue weighted by molar-refractivity contribution is 0.120. The van der Waals surface area contributed by atoms with Gasteiger partial charge in [0.15, 0.2) is 23.0 Å². The van der Waals surface area contributed by atoms with Crippen molar-refractivity contribution in [1.29, 1.82) is 0 Å². The maximum Gasteiger partial charge on any atom is 0.409 e. The molecule has 0 atom stereocenters. The molecule has 0 fully saturated rings. The first-order chi connectivity index (χ1) is 14.0. The number of benzene rings is 2. The van der Waals surface area contributed by atoms with E-state index in [4.69, 9.17) is 23.7 Å². The second-order valence-corrected chi connectivity index (χ2v) is 7.05. The van der Waals surface area contributed by atoms with Crippen LogP contribution in [0.15, 0.2) is 28.7 Å². The van der Waals surface area contributed by atoms with Crippen LogP contribution in [0, 0.1) is 5.82 Å². The molecule has 0 radical (unpaired) electrons. The second-order valence-electron chi connectivity index (χ2n) is 6.20. The van der Waals surface area contributed by atoms with Gasteiger partial charge in [-0.25, -0.2) is 9.18 Å². The Morgan fingerprint density at radius 3 is 2.55 bits per heavy atom. The van der Waals surface area contributed by atoms with Crippen LogP contribution in [0.1, 0.15) is 11.1 Å². The molecular weight excluding hydrogens is 449 g/mol. The molecule has 1 heterocycles. The van der Waals surface area contributed by atoms with Crippen LogP contribution in [0.25, 0.3) is 0 Å². The van der Waals surface area contributed by atoms with E-state index in [0.29, 0.717) is 34.1 Å². The van der Waals surface area contributed by atoms with Crippen molar-refractivity contribution in [2.24, 2.45) is 0 Å². The summed E-state index contributed by atoms with van der Waals surface area (Å²) in [5.74, 6) is 1.49. The van der Waals surface area contributed by atoms with Gasteiger partial charge in [-0.3, -0.25) is 0 Å². The normalized spacial score (nSPS) is 11.9. The minimum Gasteiger partial charge on any atom is -0.493 e. The first-order valence-electron chi connectivity index (χ1n) is 8.78. The molecule has 2 aromatic rings. The number of halogens is 2. The lowest BCUT2D eigenvalue weighted by atomic mass is 10.1. The molecule has 0 aliphatic carbocycles. The summed E-state index contributed by atoms with van der Waals surface area (Å²) in [4.78, 5) is 13.8. The molecule has 156 valence electrons. The third-order valence-electron chi connectivity index (χ3n) is 4.57. The highest BCUT2D eigenvalue weighted by Crippen LogP contribution is 2.37. The molecule has 0 spiro atoms. The molecule has 0 unspecified atom stereocenters. The van der Waals surface area contributed by atoms with Crippen LogP contribution in [-0.4, -0.2) is 45.7 Å². The number of nitrogens with zero attached hydrogens (tertiary/aromatic N) is 1. The molecule has 1 aliphatic heterocycles. The van der Waals surface area contributed by atoms with E-state index in [-0.39, 0.29) is 26.3 Å². The smallest absolute Gasteiger partial charge is 0.409 e. The van der Waals surface area contributed by atoms with Gasteiger partial charge in [0, 0.05) is 22.6 Å². The Morgan fingerprint density at radius 1 is 1.17 bits per heavy atom. The van der Waals surface area contributed by atoms with E-state index in [0.717, 1.165) is 4.47 Å². The Kier molecular flexibility index (Phi) is 6.68. The fourth-order valence-electron chi connectivity index (χ4n) is 3.08. The monoisotopic (exact) mass is 469 g/mol. The Labute approximate surface area is 176 Å². The third kappa shape index (κ3) is 4.50. The molecule has 1 aliphatic rings. The van der Waals surface area contributed by atoms with Crippen molar-refractivity contribution in [2.45, 2.75) is 13.0 Å². The van der Waals surface area contributed by atoms with E-state index in [1.807, 2.05) is 6.07 Å². The molecule has 7 nitrogen and oxygen atoms in total. The van der Waals surface area contributed by atoms with E-state index in [2.05, 4.69) is 15.9 Å². The Morgan fingerprint density at radius 2 is 1.90 bits per heavy atom. The van der Waals surface area contributed by atoms with Gasteiger partial charge in [0.1, 0.15) is 5.82 Å². The molecule has 29 heavy (non-hydrogen) atoms. The molecule has 0 saturated heterocycles. The van der Waals surface area contributed by atoms with Gasteiger partial charge in [0.05, 0.1) is 27.9 Å². The maximum absolute atomic E-state index is 14.4. The van der Waals surface area contributed by atoms with Gasteiger partial charge in [-0.15, -0.1) is 0 Å². The van der Waals surface area contributed by atoms with Crippen molar-refractivity contribution in [3.8, 4) is 23.0 Å². The molecular formula is C20H21BrFNO6. The summed E-state index contributed by atoms with van der Waals surface area (Å²) in [6.45, 7) is 0.464. The maximum atomic E-state index is 14.4. The Hall–Kier alpha value is -2.68. The minimum atomic E-state index is -0.539. The van der Waals surface area contributed by atoms with Crippen molar-refractivity contribution in [3.05, 3.63) is 45.7 Å². The number of rotatable bonds is 7. The third-order valence-corrected chi connectivity index (χ3v) is 5.31. The molecule has 0 saturated carbocycles. The van der Waals surface area contributed by atoms with Crippen molar-refractivity contribution in [2.75, 3.05) is 34.7 Å². The molecule has 0 bridgehead atoms. The van der Waals surface area contributed by atoms with Gasteiger partial charge in [0.2, 0.25) is 6.79 Å². The summed E-state index contributed by atoms with van der Waals surface area (Å²) < 4.78 is 41.3. The lowest BCUT2D eigenvalue weighted by Gasteiger charge is -2.24. The van der Waals surface area contributed by atoms with Crippen molar-refractivity contribution < 1.29 is 32.9 Å². The molecule has 9 heteroatoms. The summed E-state index contributed by atoms with van der Waals surface area (Å²) in [7, 11) is 4.36. The number of fused-ring (bicyclic) bond motifs is 1. The highest BCUT2D eigenvalue weighted by molar-refractivity contribution is 9.10. The quantitative estimate of drug-likeness (QED) is 0.606.